The number of piperazine rings is 1. The lowest BCUT2D eigenvalue weighted by atomic mass is 10.2. The molecule has 1 fully saturated rings. The average molecular weight is 385 g/mol. The Morgan fingerprint density at radius 1 is 0.964 bits per heavy atom. The van der Waals surface area contributed by atoms with Gasteiger partial charge in [0.05, 0.1) is 12.4 Å². The summed E-state index contributed by atoms with van der Waals surface area (Å²) in [5.41, 5.74) is 1.43. The van der Waals surface area contributed by atoms with Crippen molar-refractivity contribution < 1.29 is 9.18 Å². The quantitative estimate of drug-likeness (QED) is 0.733. The first kappa shape index (κ1) is 20.0. The van der Waals surface area contributed by atoms with Gasteiger partial charge in [0, 0.05) is 45.0 Å². The van der Waals surface area contributed by atoms with Crippen LogP contribution in [0.15, 0.2) is 36.7 Å². The van der Waals surface area contributed by atoms with E-state index in [4.69, 9.17) is 0 Å². The Bertz CT molecular complexity index is 751. The van der Waals surface area contributed by atoms with Gasteiger partial charge in [0.25, 0.3) is 5.91 Å². The van der Waals surface area contributed by atoms with E-state index in [2.05, 4.69) is 33.6 Å². The van der Waals surface area contributed by atoms with E-state index >= 15 is 0 Å². The fourth-order valence-corrected chi connectivity index (χ4v) is 3.46. The summed E-state index contributed by atoms with van der Waals surface area (Å²) in [5, 5.41) is 0. The van der Waals surface area contributed by atoms with Crippen molar-refractivity contribution in [3.8, 4) is 0 Å². The number of aromatic nitrogens is 2. The highest BCUT2D eigenvalue weighted by molar-refractivity contribution is 5.92. The van der Waals surface area contributed by atoms with Crippen LogP contribution in [0.3, 0.4) is 0 Å². The maximum absolute atomic E-state index is 13.1. The molecule has 2 aromatic rings. The van der Waals surface area contributed by atoms with Crippen molar-refractivity contribution in [3.05, 3.63) is 48.2 Å². The lowest BCUT2D eigenvalue weighted by Gasteiger charge is -2.36. The summed E-state index contributed by atoms with van der Waals surface area (Å²) >= 11 is 0. The lowest BCUT2D eigenvalue weighted by Crippen LogP contribution is -2.46. The standard InChI is InChI=1S/C21H28FN5O/c1-3-9-27(10-4-2)21(28)19-15-24-20(16-23-19)26-13-11-25(12-14-26)18-7-5-17(22)6-8-18/h5-8,15-16H,3-4,9-14H2,1-2H3. The number of carbonyl (C=O) groups excluding carboxylic acids is 1. The van der Waals surface area contributed by atoms with E-state index in [1.54, 1.807) is 12.4 Å². The molecule has 0 N–H and O–H groups in total. The fourth-order valence-electron chi connectivity index (χ4n) is 3.46. The van der Waals surface area contributed by atoms with Crippen molar-refractivity contribution in [1.82, 2.24) is 14.9 Å². The molecule has 0 atom stereocenters. The van der Waals surface area contributed by atoms with Crippen molar-refractivity contribution in [2.75, 3.05) is 49.1 Å². The molecule has 3 rings (SSSR count). The van der Waals surface area contributed by atoms with Crippen LogP contribution in [-0.4, -0.2) is 60.0 Å². The molecule has 0 spiro atoms. The second-order valence-corrected chi connectivity index (χ2v) is 7.00. The normalized spacial score (nSPS) is 14.2. The Balaban J connectivity index is 1.60. The van der Waals surface area contributed by atoms with Gasteiger partial charge >= 0.3 is 0 Å². The van der Waals surface area contributed by atoms with Crippen LogP contribution in [-0.2, 0) is 0 Å². The summed E-state index contributed by atoms with van der Waals surface area (Å²) in [7, 11) is 0. The topological polar surface area (TPSA) is 52.6 Å². The second-order valence-electron chi connectivity index (χ2n) is 7.00. The molecule has 1 saturated heterocycles. The molecule has 1 aromatic heterocycles. The molecule has 0 aliphatic carbocycles. The van der Waals surface area contributed by atoms with E-state index < -0.39 is 0 Å². The van der Waals surface area contributed by atoms with Crippen LogP contribution in [0.5, 0.6) is 0 Å². The number of carbonyl (C=O) groups is 1. The van der Waals surface area contributed by atoms with Crippen molar-refractivity contribution in [3.63, 3.8) is 0 Å². The molecule has 1 aliphatic rings. The zero-order valence-corrected chi connectivity index (χ0v) is 16.6. The minimum atomic E-state index is -0.219. The summed E-state index contributed by atoms with van der Waals surface area (Å²) in [4.78, 5) is 27.7. The number of hydrogen-bond donors (Lipinski definition) is 0. The van der Waals surface area contributed by atoms with Gasteiger partial charge in [-0.1, -0.05) is 13.8 Å². The smallest absolute Gasteiger partial charge is 0.274 e. The van der Waals surface area contributed by atoms with Gasteiger partial charge in [0.2, 0.25) is 0 Å². The molecule has 1 aliphatic heterocycles. The molecule has 2 heterocycles. The lowest BCUT2D eigenvalue weighted by molar-refractivity contribution is 0.0749. The Morgan fingerprint density at radius 2 is 1.57 bits per heavy atom. The Labute approximate surface area is 166 Å². The molecule has 1 aromatic carbocycles. The van der Waals surface area contributed by atoms with E-state index in [1.807, 2.05) is 17.0 Å². The maximum atomic E-state index is 13.1. The van der Waals surface area contributed by atoms with Crippen LogP contribution in [0.25, 0.3) is 0 Å². The largest absolute Gasteiger partial charge is 0.368 e. The highest BCUT2D eigenvalue weighted by atomic mass is 19.1. The minimum Gasteiger partial charge on any atom is -0.368 e. The third kappa shape index (κ3) is 4.77. The molecule has 0 saturated carbocycles. The molecule has 0 unspecified atom stereocenters. The number of benzene rings is 1. The van der Waals surface area contributed by atoms with Crippen LogP contribution in [0.4, 0.5) is 15.9 Å². The van der Waals surface area contributed by atoms with Crippen molar-refractivity contribution in [2.45, 2.75) is 26.7 Å². The number of nitrogens with zero attached hydrogens (tertiary/aromatic N) is 5. The second kappa shape index (κ2) is 9.48. The van der Waals surface area contributed by atoms with Crippen molar-refractivity contribution in [2.24, 2.45) is 0 Å². The van der Waals surface area contributed by atoms with E-state index in [-0.39, 0.29) is 11.7 Å². The van der Waals surface area contributed by atoms with Gasteiger partial charge in [0.1, 0.15) is 17.3 Å². The van der Waals surface area contributed by atoms with Gasteiger partial charge in [-0.2, -0.15) is 0 Å². The number of hydrogen-bond acceptors (Lipinski definition) is 5. The van der Waals surface area contributed by atoms with Crippen molar-refractivity contribution >= 4 is 17.4 Å². The third-order valence-corrected chi connectivity index (χ3v) is 4.93. The molecular formula is C21H28FN5O. The van der Waals surface area contributed by atoms with Gasteiger partial charge in [-0.3, -0.25) is 4.79 Å². The Kier molecular flexibility index (Phi) is 6.79. The van der Waals surface area contributed by atoms with Crippen LogP contribution < -0.4 is 9.80 Å². The first-order chi connectivity index (χ1) is 13.6. The minimum absolute atomic E-state index is 0.0520. The van der Waals surface area contributed by atoms with E-state index in [0.29, 0.717) is 5.69 Å². The monoisotopic (exact) mass is 385 g/mol. The first-order valence-electron chi connectivity index (χ1n) is 9.99. The predicted molar refractivity (Wildman–Crippen MR) is 109 cm³/mol. The molecule has 0 bridgehead atoms. The van der Waals surface area contributed by atoms with E-state index in [0.717, 1.165) is 63.6 Å². The summed E-state index contributed by atoms with van der Waals surface area (Å²) in [6.07, 6.45) is 5.13. The number of rotatable bonds is 7. The Hall–Kier alpha value is -2.70. The fraction of sp³-hybridized carbons (Fsp3) is 0.476. The number of anilines is 2. The van der Waals surface area contributed by atoms with Gasteiger partial charge in [-0.05, 0) is 37.1 Å². The third-order valence-electron chi connectivity index (χ3n) is 4.93. The van der Waals surface area contributed by atoms with Gasteiger partial charge in [-0.25, -0.2) is 14.4 Å². The number of amides is 1. The molecule has 7 heteroatoms. The maximum Gasteiger partial charge on any atom is 0.274 e. The van der Waals surface area contributed by atoms with E-state index in [9.17, 15) is 9.18 Å². The van der Waals surface area contributed by atoms with Crippen LogP contribution in [0, 0.1) is 5.82 Å². The highest BCUT2D eigenvalue weighted by Crippen LogP contribution is 2.19. The molecule has 1 amide bonds. The summed E-state index contributed by atoms with van der Waals surface area (Å²) < 4.78 is 13.1. The first-order valence-corrected chi connectivity index (χ1v) is 9.99. The molecule has 28 heavy (non-hydrogen) atoms. The van der Waals surface area contributed by atoms with E-state index in [1.165, 1.54) is 12.1 Å². The summed E-state index contributed by atoms with van der Waals surface area (Å²) in [6, 6.07) is 6.60. The average Bonchev–Trinajstić information content (AvgIpc) is 2.74. The highest BCUT2D eigenvalue weighted by Gasteiger charge is 2.20. The molecule has 0 radical (unpaired) electrons. The number of halogens is 1. The SMILES string of the molecule is CCCN(CCC)C(=O)c1cnc(N2CCN(c3ccc(F)cc3)CC2)cn1. The molecule has 150 valence electrons. The zero-order valence-electron chi connectivity index (χ0n) is 16.6. The van der Waals surface area contributed by atoms with Crippen LogP contribution in [0.2, 0.25) is 0 Å². The van der Waals surface area contributed by atoms with Crippen molar-refractivity contribution in [1.29, 1.82) is 0 Å². The van der Waals surface area contributed by atoms with Gasteiger partial charge in [-0.15, -0.1) is 0 Å². The molecule has 6 nitrogen and oxygen atoms in total. The zero-order chi connectivity index (χ0) is 19.9. The summed E-state index contributed by atoms with van der Waals surface area (Å²) in [5.74, 6) is 0.514. The van der Waals surface area contributed by atoms with Crippen LogP contribution in [0.1, 0.15) is 37.2 Å². The predicted octanol–water partition coefficient (Wildman–Crippen LogP) is 3.20. The van der Waals surface area contributed by atoms with Crippen LogP contribution >= 0.6 is 0 Å². The van der Waals surface area contributed by atoms with Gasteiger partial charge in [0.15, 0.2) is 0 Å². The Morgan fingerprint density at radius 3 is 2.11 bits per heavy atom. The molecular weight excluding hydrogens is 357 g/mol. The summed E-state index contributed by atoms with van der Waals surface area (Å²) in [6.45, 7) is 8.87. The van der Waals surface area contributed by atoms with Gasteiger partial charge < -0.3 is 14.7 Å².